The number of piperidine rings is 1. The SMILES string of the molecule is Cc1n[nH]c(C)c1/C=C1/SC(N2CCCCC2)=NC1=O. The van der Waals surface area contributed by atoms with Crippen LogP contribution in [0.3, 0.4) is 0 Å². The van der Waals surface area contributed by atoms with E-state index in [1.54, 1.807) is 0 Å². The first-order chi connectivity index (χ1) is 9.65. The summed E-state index contributed by atoms with van der Waals surface area (Å²) in [4.78, 5) is 19.2. The summed E-state index contributed by atoms with van der Waals surface area (Å²) in [7, 11) is 0. The molecular weight excluding hydrogens is 272 g/mol. The van der Waals surface area contributed by atoms with Gasteiger partial charge in [-0.2, -0.15) is 10.1 Å². The summed E-state index contributed by atoms with van der Waals surface area (Å²) in [6, 6.07) is 0. The number of hydrogen-bond acceptors (Lipinski definition) is 4. The number of likely N-dealkylation sites (tertiary alicyclic amines) is 1. The molecule has 6 heteroatoms. The maximum atomic E-state index is 12.0. The smallest absolute Gasteiger partial charge is 0.286 e. The summed E-state index contributed by atoms with van der Waals surface area (Å²) in [5.74, 6) is -0.129. The number of aromatic amines is 1. The van der Waals surface area contributed by atoms with Crippen LogP contribution in [0.2, 0.25) is 0 Å². The van der Waals surface area contributed by atoms with Crippen molar-refractivity contribution in [3.05, 3.63) is 21.9 Å². The molecule has 2 aliphatic rings. The van der Waals surface area contributed by atoms with E-state index in [1.165, 1.54) is 31.0 Å². The van der Waals surface area contributed by atoms with Gasteiger partial charge in [0.1, 0.15) is 0 Å². The Bertz CT molecular complexity index is 577. The molecule has 1 aromatic rings. The fourth-order valence-corrected chi connectivity index (χ4v) is 3.47. The van der Waals surface area contributed by atoms with Crippen LogP contribution in [0.25, 0.3) is 6.08 Å². The van der Waals surface area contributed by atoms with E-state index in [-0.39, 0.29) is 5.91 Å². The molecule has 20 heavy (non-hydrogen) atoms. The number of aryl methyl sites for hydroxylation is 2. The quantitative estimate of drug-likeness (QED) is 0.807. The van der Waals surface area contributed by atoms with Crippen molar-refractivity contribution in [1.29, 1.82) is 0 Å². The standard InChI is InChI=1S/C14H18N4OS/c1-9-11(10(2)17-16-9)8-12-13(19)15-14(20-12)18-6-4-3-5-7-18/h8H,3-7H2,1-2H3,(H,16,17)/b12-8+. The van der Waals surface area contributed by atoms with Crippen molar-refractivity contribution in [3.63, 3.8) is 0 Å². The number of nitrogens with one attached hydrogen (secondary N) is 1. The lowest BCUT2D eigenvalue weighted by Crippen LogP contribution is -2.33. The van der Waals surface area contributed by atoms with Crippen molar-refractivity contribution in [2.45, 2.75) is 33.1 Å². The minimum atomic E-state index is -0.129. The Morgan fingerprint density at radius 3 is 2.65 bits per heavy atom. The number of H-pyrrole nitrogens is 1. The molecule has 0 aromatic carbocycles. The number of carbonyl (C=O) groups excluding carboxylic acids is 1. The molecule has 5 nitrogen and oxygen atoms in total. The molecule has 1 saturated heterocycles. The lowest BCUT2D eigenvalue weighted by Gasteiger charge is -2.27. The zero-order valence-corrected chi connectivity index (χ0v) is 12.6. The third kappa shape index (κ3) is 2.52. The molecule has 3 heterocycles. The summed E-state index contributed by atoms with van der Waals surface area (Å²) < 4.78 is 0. The van der Waals surface area contributed by atoms with Gasteiger partial charge in [0, 0.05) is 24.3 Å². The highest BCUT2D eigenvalue weighted by atomic mass is 32.2. The molecule has 0 atom stereocenters. The number of hydrogen-bond donors (Lipinski definition) is 1. The van der Waals surface area contributed by atoms with Gasteiger partial charge >= 0.3 is 0 Å². The van der Waals surface area contributed by atoms with Crippen LogP contribution in [-0.2, 0) is 4.79 Å². The lowest BCUT2D eigenvalue weighted by molar-refractivity contribution is -0.113. The summed E-state index contributed by atoms with van der Waals surface area (Å²) in [6.07, 6.45) is 5.56. The molecule has 2 aliphatic heterocycles. The van der Waals surface area contributed by atoms with E-state index in [0.29, 0.717) is 4.91 Å². The van der Waals surface area contributed by atoms with Crippen molar-refractivity contribution >= 4 is 28.9 Å². The van der Waals surface area contributed by atoms with Crippen molar-refractivity contribution in [2.75, 3.05) is 13.1 Å². The van der Waals surface area contributed by atoms with Crippen molar-refractivity contribution in [3.8, 4) is 0 Å². The topological polar surface area (TPSA) is 61.4 Å². The van der Waals surface area contributed by atoms with Gasteiger partial charge in [-0.25, -0.2) is 0 Å². The van der Waals surface area contributed by atoms with Crippen molar-refractivity contribution < 1.29 is 4.79 Å². The van der Waals surface area contributed by atoms with Gasteiger partial charge in [0.25, 0.3) is 5.91 Å². The zero-order chi connectivity index (χ0) is 14.1. The first-order valence-electron chi connectivity index (χ1n) is 6.94. The number of nitrogens with zero attached hydrogens (tertiary/aromatic N) is 3. The number of aromatic nitrogens is 2. The zero-order valence-electron chi connectivity index (χ0n) is 11.8. The van der Waals surface area contributed by atoms with Gasteiger partial charge in [0.2, 0.25) is 0 Å². The second kappa shape index (κ2) is 5.44. The maximum absolute atomic E-state index is 12.0. The molecule has 0 spiro atoms. The minimum Gasteiger partial charge on any atom is -0.351 e. The Balaban J connectivity index is 1.80. The van der Waals surface area contributed by atoms with Crippen LogP contribution in [0.5, 0.6) is 0 Å². The largest absolute Gasteiger partial charge is 0.351 e. The molecular formula is C14H18N4OS. The summed E-state index contributed by atoms with van der Waals surface area (Å²) in [6.45, 7) is 5.92. The van der Waals surface area contributed by atoms with Crippen LogP contribution in [0.4, 0.5) is 0 Å². The second-order valence-corrected chi connectivity index (χ2v) is 6.21. The number of aliphatic imine (C=N–C) groups is 1. The first-order valence-corrected chi connectivity index (χ1v) is 7.76. The van der Waals surface area contributed by atoms with Crippen LogP contribution < -0.4 is 0 Å². The molecule has 3 rings (SSSR count). The highest BCUT2D eigenvalue weighted by Gasteiger charge is 2.27. The van der Waals surface area contributed by atoms with E-state index < -0.39 is 0 Å². The molecule has 1 aromatic heterocycles. The lowest BCUT2D eigenvalue weighted by atomic mass is 10.1. The average Bonchev–Trinajstić information content (AvgIpc) is 2.98. The number of carbonyl (C=O) groups is 1. The Morgan fingerprint density at radius 1 is 1.25 bits per heavy atom. The monoisotopic (exact) mass is 290 g/mol. The molecule has 0 bridgehead atoms. The predicted molar refractivity (Wildman–Crippen MR) is 81.5 cm³/mol. The number of rotatable bonds is 1. The third-order valence-corrected chi connectivity index (χ3v) is 4.74. The first kappa shape index (κ1) is 13.4. The van der Waals surface area contributed by atoms with Gasteiger partial charge in [0.05, 0.1) is 10.6 Å². The molecule has 0 radical (unpaired) electrons. The van der Waals surface area contributed by atoms with Crippen LogP contribution in [0.1, 0.15) is 36.2 Å². The van der Waals surface area contributed by atoms with Crippen molar-refractivity contribution in [1.82, 2.24) is 15.1 Å². The van der Waals surface area contributed by atoms with Gasteiger partial charge in [-0.3, -0.25) is 9.89 Å². The van der Waals surface area contributed by atoms with E-state index in [4.69, 9.17) is 0 Å². The van der Waals surface area contributed by atoms with Gasteiger partial charge < -0.3 is 4.90 Å². The molecule has 0 aliphatic carbocycles. The van der Waals surface area contributed by atoms with E-state index in [9.17, 15) is 4.79 Å². The van der Waals surface area contributed by atoms with E-state index in [0.717, 1.165) is 35.2 Å². The molecule has 1 N–H and O–H groups in total. The number of amidine groups is 1. The van der Waals surface area contributed by atoms with Gasteiger partial charge in [0.15, 0.2) is 5.17 Å². The van der Waals surface area contributed by atoms with Crippen LogP contribution in [0, 0.1) is 13.8 Å². The Kier molecular flexibility index (Phi) is 3.65. The predicted octanol–water partition coefficient (Wildman–Crippen LogP) is 2.48. The van der Waals surface area contributed by atoms with Crippen LogP contribution >= 0.6 is 11.8 Å². The van der Waals surface area contributed by atoms with Gasteiger partial charge in [-0.15, -0.1) is 0 Å². The number of thioether (sulfide) groups is 1. The average molecular weight is 290 g/mol. The van der Waals surface area contributed by atoms with Gasteiger partial charge in [-0.05, 0) is 50.9 Å². The second-order valence-electron chi connectivity index (χ2n) is 5.21. The summed E-state index contributed by atoms with van der Waals surface area (Å²) in [5, 5.41) is 7.95. The van der Waals surface area contributed by atoms with E-state index in [1.807, 2.05) is 19.9 Å². The number of amides is 1. The van der Waals surface area contributed by atoms with Crippen LogP contribution in [0.15, 0.2) is 9.90 Å². The molecule has 0 saturated carbocycles. The van der Waals surface area contributed by atoms with Crippen LogP contribution in [-0.4, -0.2) is 39.3 Å². The molecule has 1 amide bonds. The highest BCUT2D eigenvalue weighted by molar-refractivity contribution is 8.18. The fraction of sp³-hybridized carbons (Fsp3) is 0.500. The Hall–Kier alpha value is -1.56. The molecule has 0 unspecified atom stereocenters. The highest BCUT2D eigenvalue weighted by Crippen LogP contribution is 2.32. The minimum absolute atomic E-state index is 0.129. The Morgan fingerprint density at radius 2 is 2.00 bits per heavy atom. The van der Waals surface area contributed by atoms with Gasteiger partial charge in [-0.1, -0.05) is 0 Å². The fourth-order valence-electron chi connectivity index (χ4n) is 2.52. The van der Waals surface area contributed by atoms with Crippen molar-refractivity contribution in [2.24, 2.45) is 4.99 Å². The summed E-state index contributed by atoms with van der Waals surface area (Å²) >= 11 is 1.49. The Labute approximate surface area is 122 Å². The third-order valence-electron chi connectivity index (χ3n) is 3.70. The van der Waals surface area contributed by atoms with E-state index >= 15 is 0 Å². The summed E-state index contributed by atoms with van der Waals surface area (Å²) in [5.41, 5.74) is 2.89. The normalized spacial score (nSPS) is 21.7. The molecule has 106 valence electrons. The van der Waals surface area contributed by atoms with E-state index in [2.05, 4.69) is 20.1 Å². The maximum Gasteiger partial charge on any atom is 0.286 e. The molecule has 1 fully saturated rings.